The van der Waals surface area contributed by atoms with E-state index in [-0.39, 0.29) is 5.75 Å². The van der Waals surface area contributed by atoms with Gasteiger partial charge in [-0.1, -0.05) is 48.0 Å². The Hall–Kier alpha value is -2.52. The molecule has 0 radical (unpaired) electrons. The number of anilines is 1. The molecule has 0 heterocycles. The van der Waals surface area contributed by atoms with Gasteiger partial charge >= 0.3 is 0 Å². The number of aryl methyl sites for hydroxylation is 1. The molecule has 3 rings (SSSR count). The van der Waals surface area contributed by atoms with E-state index in [4.69, 9.17) is 11.6 Å². The number of rotatable bonds is 3. The average molecular weight is 311 g/mol. The highest BCUT2D eigenvalue weighted by Gasteiger charge is 2.04. The molecule has 0 bridgehead atoms. The number of halogens is 1. The predicted molar refractivity (Wildman–Crippen MR) is 93.0 cm³/mol. The van der Waals surface area contributed by atoms with E-state index >= 15 is 0 Å². The van der Waals surface area contributed by atoms with E-state index in [9.17, 15) is 5.11 Å². The second kappa shape index (κ2) is 6.08. The summed E-state index contributed by atoms with van der Waals surface area (Å²) >= 11 is 6.08. The highest BCUT2D eigenvalue weighted by Crippen LogP contribution is 2.25. The van der Waals surface area contributed by atoms with Crippen molar-refractivity contribution < 1.29 is 5.11 Å². The molecule has 0 aliphatic heterocycles. The SMILES string of the molecule is Cc1ccc(NN=Cc2c(O)ccc3ccccc23)cc1Cl. The molecular weight excluding hydrogens is 296 g/mol. The molecule has 0 aliphatic rings. The van der Waals surface area contributed by atoms with E-state index < -0.39 is 0 Å². The summed E-state index contributed by atoms with van der Waals surface area (Å²) in [5.41, 5.74) is 5.43. The summed E-state index contributed by atoms with van der Waals surface area (Å²) in [7, 11) is 0. The molecule has 4 heteroatoms. The summed E-state index contributed by atoms with van der Waals surface area (Å²) in [5, 5.41) is 16.9. The Labute approximate surface area is 133 Å². The van der Waals surface area contributed by atoms with Gasteiger partial charge in [-0.15, -0.1) is 0 Å². The van der Waals surface area contributed by atoms with E-state index in [1.54, 1.807) is 12.3 Å². The van der Waals surface area contributed by atoms with Gasteiger partial charge in [-0.05, 0) is 41.5 Å². The summed E-state index contributed by atoms with van der Waals surface area (Å²) in [5.74, 6) is 0.200. The molecule has 2 N–H and O–H groups in total. The van der Waals surface area contributed by atoms with E-state index in [0.29, 0.717) is 10.6 Å². The van der Waals surface area contributed by atoms with Crippen LogP contribution in [0.3, 0.4) is 0 Å². The van der Waals surface area contributed by atoms with Gasteiger partial charge in [0.25, 0.3) is 0 Å². The molecule has 0 aromatic heterocycles. The molecule has 110 valence electrons. The van der Waals surface area contributed by atoms with Crippen LogP contribution in [-0.4, -0.2) is 11.3 Å². The summed E-state index contributed by atoms with van der Waals surface area (Å²) in [4.78, 5) is 0. The molecule has 3 nitrogen and oxygen atoms in total. The van der Waals surface area contributed by atoms with E-state index in [0.717, 1.165) is 22.0 Å². The maximum absolute atomic E-state index is 10.0. The molecule has 0 aliphatic carbocycles. The Bertz CT molecular complexity index is 859. The lowest BCUT2D eigenvalue weighted by molar-refractivity contribution is 0.475. The Balaban J connectivity index is 1.89. The predicted octanol–water partition coefficient (Wildman–Crippen LogP) is 4.95. The molecule has 0 saturated heterocycles. The smallest absolute Gasteiger partial charge is 0.125 e. The largest absolute Gasteiger partial charge is 0.507 e. The van der Waals surface area contributed by atoms with Crippen LogP contribution in [0.1, 0.15) is 11.1 Å². The first-order valence-corrected chi connectivity index (χ1v) is 7.29. The first-order valence-electron chi connectivity index (χ1n) is 6.91. The monoisotopic (exact) mass is 310 g/mol. The number of hydrogen-bond acceptors (Lipinski definition) is 3. The number of fused-ring (bicyclic) bond motifs is 1. The first kappa shape index (κ1) is 14.4. The van der Waals surface area contributed by atoms with Crippen molar-refractivity contribution in [3.05, 3.63) is 70.7 Å². The maximum atomic E-state index is 10.0. The second-order valence-corrected chi connectivity index (χ2v) is 5.46. The fourth-order valence-corrected chi connectivity index (χ4v) is 2.43. The minimum absolute atomic E-state index is 0.200. The van der Waals surface area contributed by atoms with Crippen molar-refractivity contribution >= 4 is 34.3 Å². The van der Waals surface area contributed by atoms with Gasteiger partial charge in [-0.25, -0.2) is 0 Å². The van der Waals surface area contributed by atoms with Crippen molar-refractivity contribution in [3.63, 3.8) is 0 Å². The van der Waals surface area contributed by atoms with Gasteiger partial charge in [0, 0.05) is 10.6 Å². The summed E-state index contributed by atoms with van der Waals surface area (Å²) in [6.07, 6.45) is 1.62. The highest BCUT2D eigenvalue weighted by atomic mass is 35.5. The Morgan fingerprint density at radius 2 is 1.91 bits per heavy atom. The number of benzene rings is 3. The van der Waals surface area contributed by atoms with Gasteiger partial charge in [0.2, 0.25) is 0 Å². The van der Waals surface area contributed by atoms with E-state index in [1.165, 1.54) is 0 Å². The van der Waals surface area contributed by atoms with Crippen molar-refractivity contribution in [1.82, 2.24) is 0 Å². The average Bonchev–Trinajstić information content (AvgIpc) is 2.53. The molecule has 3 aromatic carbocycles. The Morgan fingerprint density at radius 3 is 2.73 bits per heavy atom. The van der Waals surface area contributed by atoms with Crippen LogP contribution < -0.4 is 5.43 Å². The Morgan fingerprint density at radius 1 is 1.09 bits per heavy atom. The van der Waals surface area contributed by atoms with Gasteiger partial charge in [-0.3, -0.25) is 5.43 Å². The second-order valence-electron chi connectivity index (χ2n) is 5.05. The lowest BCUT2D eigenvalue weighted by atomic mass is 10.0. The molecule has 0 spiro atoms. The number of phenols is 1. The number of hydrogen-bond donors (Lipinski definition) is 2. The number of aromatic hydroxyl groups is 1. The molecule has 0 saturated carbocycles. The summed E-state index contributed by atoms with van der Waals surface area (Å²) in [6.45, 7) is 1.95. The zero-order chi connectivity index (χ0) is 15.5. The van der Waals surface area contributed by atoms with Crippen LogP contribution in [0.4, 0.5) is 5.69 Å². The third kappa shape index (κ3) is 2.90. The van der Waals surface area contributed by atoms with Gasteiger partial charge in [0.05, 0.1) is 11.9 Å². The van der Waals surface area contributed by atoms with Gasteiger partial charge in [0.1, 0.15) is 5.75 Å². The fourth-order valence-electron chi connectivity index (χ4n) is 2.25. The van der Waals surface area contributed by atoms with Crippen LogP contribution in [0.5, 0.6) is 5.75 Å². The highest BCUT2D eigenvalue weighted by molar-refractivity contribution is 6.31. The number of nitrogens with zero attached hydrogens (tertiary/aromatic N) is 1. The number of nitrogens with one attached hydrogen (secondary N) is 1. The third-order valence-corrected chi connectivity index (χ3v) is 3.91. The number of phenolic OH excluding ortho intramolecular Hbond substituents is 1. The van der Waals surface area contributed by atoms with Crippen LogP contribution in [0.25, 0.3) is 10.8 Å². The zero-order valence-corrected chi connectivity index (χ0v) is 12.8. The van der Waals surface area contributed by atoms with Crippen molar-refractivity contribution in [2.24, 2.45) is 5.10 Å². The van der Waals surface area contributed by atoms with Gasteiger partial charge in [0.15, 0.2) is 0 Å². The lowest BCUT2D eigenvalue weighted by Crippen LogP contribution is -1.92. The topological polar surface area (TPSA) is 44.6 Å². The fraction of sp³-hybridized carbons (Fsp3) is 0.0556. The zero-order valence-electron chi connectivity index (χ0n) is 12.0. The van der Waals surface area contributed by atoms with Crippen molar-refractivity contribution in [2.75, 3.05) is 5.43 Å². The normalized spacial score (nSPS) is 11.2. The molecule has 3 aromatic rings. The van der Waals surface area contributed by atoms with Crippen LogP contribution >= 0.6 is 11.6 Å². The minimum Gasteiger partial charge on any atom is -0.507 e. The molecule has 0 amide bonds. The maximum Gasteiger partial charge on any atom is 0.125 e. The molecular formula is C18H15ClN2O. The van der Waals surface area contributed by atoms with Crippen LogP contribution in [0.2, 0.25) is 5.02 Å². The van der Waals surface area contributed by atoms with Gasteiger partial charge < -0.3 is 5.11 Å². The molecule has 22 heavy (non-hydrogen) atoms. The molecule has 0 atom stereocenters. The minimum atomic E-state index is 0.200. The van der Waals surface area contributed by atoms with Crippen molar-refractivity contribution in [3.8, 4) is 5.75 Å². The van der Waals surface area contributed by atoms with Gasteiger partial charge in [-0.2, -0.15) is 5.10 Å². The standard InChI is InChI=1S/C18H15ClN2O/c1-12-6-8-14(10-17(12)19)21-20-11-16-15-5-3-2-4-13(15)7-9-18(16)22/h2-11,21-22H,1H3. The Kier molecular flexibility index (Phi) is 3.98. The van der Waals surface area contributed by atoms with E-state index in [2.05, 4.69) is 10.5 Å². The summed E-state index contributed by atoms with van der Waals surface area (Å²) < 4.78 is 0. The van der Waals surface area contributed by atoms with Crippen LogP contribution in [-0.2, 0) is 0 Å². The summed E-state index contributed by atoms with van der Waals surface area (Å²) in [6, 6.07) is 17.1. The van der Waals surface area contributed by atoms with Crippen LogP contribution in [0.15, 0.2) is 59.7 Å². The number of hydrazone groups is 1. The van der Waals surface area contributed by atoms with Crippen molar-refractivity contribution in [1.29, 1.82) is 0 Å². The van der Waals surface area contributed by atoms with E-state index in [1.807, 2.05) is 55.5 Å². The lowest BCUT2D eigenvalue weighted by Gasteiger charge is -2.06. The van der Waals surface area contributed by atoms with Crippen LogP contribution in [0, 0.1) is 6.92 Å². The molecule has 0 unspecified atom stereocenters. The van der Waals surface area contributed by atoms with Crippen molar-refractivity contribution in [2.45, 2.75) is 6.92 Å². The molecule has 0 fully saturated rings. The third-order valence-electron chi connectivity index (χ3n) is 3.51. The first-order chi connectivity index (χ1) is 10.6. The quantitative estimate of drug-likeness (QED) is 0.531.